The van der Waals surface area contributed by atoms with Gasteiger partial charge in [-0.3, -0.25) is 9.59 Å². The van der Waals surface area contributed by atoms with Crippen LogP contribution in [-0.2, 0) is 0 Å². The molecule has 0 bridgehead atoms. The third-order valence-corrected chi connectivity index (χ3v) is 3.30. The molecule has 0 aliphatic rings. The molecule has 6 heteroatoms. The second-order valence-corrected chi connectivity index (χ2v) is 4.47. The fraction of sp³-hybridized carbons (Fsp3) is 0.400. The number of hydrogen-bond donors (Lipinski definition) is 3. The molecule has 0 unspecified atom stereocenters. The summed E-state index contributed by atoms with van der Waals surface area (Å²) in [6.45, 7) is 4.21. The molecule has 0 atom stereocenters. The predicted octanol–water partition coefficient (Wildman–Crippen LogP) is 0.877. The Labute approximate surface area is 97.8 Å². The minimum Gasteiger partial charge on any atom is -0.390 e. The fourth-order valence-corrected chi connectivity index (χ4v) is 2.30. The van der Waals surface area contributed by atoms with Crippen LogP contribution >= 0.6 is 11.3 Å². The zero-order valence-electron chi connectivity index (χ0n) is 9.29. The maximum absolute atomic E-state index is 11.7. The van der Waals surface area contributed by atoms with Gasteiger partial charge in [0.15, 0.2) is 0 Å². The minimum absolute atomic E-state index is 0.249. The lowest BCUT2D eigenvalue weighted by atomic mass is 10.1. The average molecular weight is 241 g/mol. The maximum atomic E-state index is 11.7. The summed E-state index contributed by atoms with van der Waals surface area (Å²) in [7, 11) is 0. The van der Waals surface area contributed by atoms with Gasteiger partial charge in [-0.05, 0) is 18.9 Å². The number of thiophene rings is 1. The molecule has 0 spiro atoms. The van der Waals surface area contributed by atoms with E-state index in [-0.39, 0.29) is 5.91 Å². The Morgan fingerprint density at radius 1 is 1.44 bits per heavy atom. The van der Waals surface area contributed by atoms with Gasteiger partial charge in [-0.15, -0.1) is 11.3 Å². The summed E-state index contributed by atoms with van der Waals surface area (Å²) in [4.78, 5) is 23.2. The number of nitrogens with one attached hydrogen (secondary N) is 1. The normalized spacial score (nSPS) is 10.1. The van der Waals surface area contributed by atoms with E-state index < -0.39 is 5.91 Å². The van der Waals surface area contributed by atoms with Crippen LogP contribution < -0.4 is 16.8 Å². The molecule has 0 aliphatic heterocycles. The molecule has 0 saturated carbocycles. The monoisotopic (exact) mass is 241 g/mol. The highest BCUT2D eigenvalue weighted by Gasteiger charge is 2.21. The Morgan fingerprint density at radius 2 is 2.06 bits per heavy atom. The Balaban J connectivity index is 3.04. The standard InChI is InChI=1S/C10H15N3O2S/c1-3-4-13-10(15)6-5(2)7(8(11)14)16-9(6)12/h3-4,12H2,1-2H3,(H2,11,14)(H,13,15). The number of rotatable bonds is 4. The van der Waals surface area contributed by atoms with E-state index in [1.165, 1.54) is 0 Å². The third kappa shape index (κ3) is 2.33. The molecule has 16 heavy (non-hydrogen) atoms. The Kier molecular flexibility index (Phi) is 3.89. The zero-order chi connectivity index (χ0) is 12.3. The van der Waals surface area contributed by atoms with E-state index in [0.29, 0.717) is 27.5 Å². The van der Waals surface area contributed by atoms with Crippen molar-refractivity contribution in [1.29, 1.82) is 0 Å². The van der Waals surface area contributed by atoms with Crippen LogP contribution in [0.4, 0.5) is 5.00 Å². The van der Waals surface area contributed by atoms with Gasteiger partial charge in [0.2, 0.25) is 0 Å². The third-order valence-electron chi connectivity index (χ3n) is 2.16. The molecule has 5 N–H and O–H groups in total. The van der Waals surface area contributed by atoms with Crippen molar-refractivity contribution in [2.24, 2.45) is 5.73 Å². The average Bonchev–Trinajstić information content (AvgIpc) is 2.51. The molecule has 88 valence electrons. The molecule has 2 amide bonds. The van der Waals surface area contributed by atoms with Crippen molar-refractivity contribution < 1.29 is 9.59 Å². The van der Waals surface area contributed by atoms with E-state index in [9.17, 15) is 9.59 Å². The van der Waals surface area contributed by atoms with Crippen molar-refractivity contribution in [3.05, 3.63) is 16.0 Å². The number of carbonyl (C=O) groups is 2. The first kappa shape index (κ1) is 12.5. The van der Waals surface area contributed by atoms with E-state index in [4.69, 9.17) is 11.5 Å². The van der Waals surface area contributed by atoms with Crippen LogP contribution in [0.15, 0.2) is 0 Å². The summed E-state index contributed by atoms with van der Waals surface area (Å²) in [5.74, 6) is -0.802. The van der Waals surface area contributed by atoms with Crippen molar-refractivity contribution in [3.63, 3.8) is 0 Å². The number of carbonyl (C=O) groups excluding carboxylic acids is 2. The molecular weight excluding hydrogens is 226 g/mol. The van der Waals surface area contributed by atoms with Crippen LogP contribution in [0.25, 0.3) is 0 Å². The number of primary amides is 1. The highest BCUT2D eigenvalue weighted by molar-refractivity contribution is 7.18. The summed E-state index contributed by atoms with van der Waals surface area (Å²) in [5, 5.41) is 3.05. The molecule has 0 radical (unpaired) electrons. The first-order chi connectivity index (χ1) is 7.49. The molecule has 1 rings (SSSR count). The molecular formula is C10H15N3O2S. The molecule has 1 heterocycles. The predicted molar refractivity (Wildman–Crippen MR) is 64.6 cm³/mol. The number of amides is 2. The smallest absolute Gasteiger partial charge is 0.259 e. The van der Waals surface area contributed by atoms with Gasteiger partial charge < -0.3 is 16.8 Å². The van der Waals surface area contributed by atoms with E-state index in [1.54, 1.807) is 6.92 Å². The van der Waals surface area contributed by atoms with E-state index in [1.807, 2.05) is 6.92 Å². The largest absolute Gasteiger partial charge is 0.390 e. The lowest BCUT2D eigenvalue weighted by Crippen LogP contribution is -2.25. The second kappa shape index (κ2) is 4.98. The van der Waals surface area contributed by atoms with Crippen molar-refractivity contribution in [2.45, 2.75) is 20.3 Å². The maximum Gasteiger partial charge on any atom is 0.259 e. The molecule has 0 aliphatic carbocycles. The molecule has 1 aromatic heterocycles. The Hall–Kier alpha value is -1.56. The summed E-state index contributed by atoms with van der Waals surface area (Å²) < 4.78 is 0. The van der Waals surface area contributed by atoms with E-state index in [0.717, 1.165) is 17.8 Å². The van der Waals surface area contributed by atoms with Crippen LogP contribution in [0, 0.1) is 6.92 Å². The first-order valence-corrected chi connectivity index (χ1v) is 5.77. The highest BCUT2D eigenvalue weighted by Crippen LogP contribution is 2.29. The Morgan fingerprint density at radius 3 is 2.50 bits per heavy atom. The highest BCUT2D eigenvalue weighted by atomic mass is 32.1. The van der Waals surface area contributed by atoms with Crippen molar-refractivity contribution in [2.75, 3.05) is 12.3 Å². The van der Waals surface area contributed by atoms with Gasteiger partial charge in [-0.25, -0.2) is 0 Å². The van der Waals surface area contributed by atoms with Crippen LogP contribution in [0.5, 0.6) is 0 Å². The van der Waals surface area contributed by atoms with Gasteiger partial charge in [0, 0.05) is 6.54 Å². The van der Waals surface area contributed by atoms with Gasteiger partial charge in [0.05, 0.1) is 15.4 Å². The lowest BCUT2D eigenvalue weighted by molar-refractivity contribution is 0.0954. The number of anilines is 1. The van der Waals surface area contributed by atoms with E-state index >= 15 is 0 Å². The second-order valence-electron chi connectivity index (χ2n) is 3.42. The summed E-state index contributed by atoms with van der Waals surface area (Å²) >= 11 is 1.05. The number of nitrogen functional groups attached to an aromatic ring is 1. The minimum atomic E-state index is -0.552. The quantitative estimate of drug-likeness (QED) is 0.729. The summed E-state index contributed by atoms with van der Waals surface area (Å²) in [5.41, 5.74) is 11.8. The van der Waals surface area contributed by atoms with E-state index in [2.05, 4.69) is 5.32 Å². The van der Waals surface area contributed by atoms with Crippen LogP contribution in [0.1, 0.15) is 38.9 Å². The molecule has 0 fully saturated rings. The SMILES string of the molecule is CCCNC(=O)c1c(N)sc(C(N)=O)c1C. The van der Waals surface area contributed by atoms with Crippen LogP contribution in [0.2, 0.25) is 0 Å². The van der Waals surface area contributed by atoms with Gasteiger partial charge in [-0.1, -0.05) is 6.92 Å². The van der Waals surface area contributed by atoms with Crippen molar-refractivity contribution in [3.8, 4) is 0 Å². The number of hydrogen-bond acceptors (Lipinski definition) is 4. The van der Waals surface area contributed by atoms with Gasteiger partial charge >= 0.3 is 0 Å². The van der Waals surface area contributed by atoms with Crippen LogP contribution in [0.3, 0.4) is 0 Å². The van der Waals surface area contributed by atoms with Gasteiger partial charge in [0.1, 0.15) is 0 Å². The Bertz CT molecular complexity index is 426. The summed E-state index contributed by atoms with van der Waals surface area (Å²) in [6.07, 6.45) is 0.845. The topological polar surface area (TPSA) is 98.2 Å². The lowest BCUT2D eigenvalue weighted by Gasteiger charge is -2.03. The molecule has 1 aromatic rings. The van der Waals surface area contributed by atoms with Gasteiger partial charge in [0.25, 0.3) is 11.8 Å². The van der Waals surface area contributed by atoms with Crippen molar-refractivity contribution >= 4 is 28.2 Å². The fourth-order valence-electron chi connectivity index (χ4n) is 1.38. The molecule has 5 nitrogen and oxygen atoms in total. The van der Waals surface area contributed by atoms with Crippen LogP contribution in [-0.4, -0.2) is 18.4 Å². The summed E-state index contributed by atoms with van der Waals surface area (Å²) in [6, 6.07) is 0. The van der Waals surface area contributed by atoms with Gasteiger partial charge in [-0.2, -0.15) is 0 Å². The zero-order valence-corrected chi connectivity index (χ0v) is 10.1. The van der Waals surface area contributed by atoms with Crippen molar-refractivity contribution in [1.82, 2.24) is 5.32 Å². The molecule has 0 aromatic carbocycles. The molecule has 0 saturated heterocycles. The number of nitrogens with two attached hydrogens (primary N) is 2. The first-order valence-electron chi connectivity index (χ1n) is 4.95.